The largest absolute Gasteiger partial charge is 0.494 e. The zero-order valence-electron chi connectivity index (χ0n) is 10.8. The van der Waals surface area contributed by atoms with Gasteiger partial charge in [-0.3, -0.25) is 0 Å². The van der Waals surface area contributed by atoms with Crippen molar-refractivity contribution in [2.24, 2.45) is 0 Å². The average Bonchev–Trinajstić information content (AvgIpc) is 2.42. The Kier molecular flexibility index (Phi) is 4.18. The lowest BCUT2D eigenvalue weighted by Gasteiger charge is -2.06. The molecule has 0 bridgehead atoms. The molecule has 0 aromatic heterocycles. The molecule has 0 amide bonds. The zero-order chi connectivity index (χ0) is 13.7. The van der Waals surface area contributed by atoms with Crippen molar-refractivity contribution >= 4 is 22.8 Å². The van der Waals surface area contributed by atoms with E-state index in [9.17, 15) is 4.79 Å². The lowest BCUT2D eigenvalue weighted by molar-refractivity contribution is -0.131. The summed E-state index contributed by atoms with van der Waals surface area (Å²) in [6.07, 6.45) is 3.71. The SMILES string of the molecule is CCCOc1ccc2cc(/C=C/C(=O)O)ccc2c1. The molecule has 0 heterocycles. The number of carboxylic acid groups (broad SMARTS) is 1. The Morgan fingerprint density at radius 3 is 2.68 bits per heavy atom. The van der Waals surface area contributed by atoms with E-state index in [1.165, 1.54) is 0 Å². The first-order valence-electron chi connectivity index (χ1n) is 6.26. The number of hydrogen-bond acceptors (Lipinski definition) is 2. The fourth-order valence-electron chi connectivity index (χ4n) is 1.82. The first kappa shape index (κ1) is 13.1. The first-order chi connectivity index (χ1) is 9.19. The number of fused-ring (bicyclic) bond motifs is 1. The molecule has 0 saturated heterocycles. The van der Waals surface area contributed by atoms with Gasteiger partial charge in [-0.05, 0) is 47.0 Å². The number of ether oxygens (including phenoxy) is 1. The van der Waals surface area contributed by atoms with E-state index in [0.29, 0.717) is 6.61 Å². The number of rotatable bonds is 5. The number of carbonyl (C=O) groups is 1. The summed E-state index contributed by atoms with van der Waals surface area (Å²) in [5.74, 6) is -0.0772. The van der Waals surface area contributed by atoms with E-state index in [4.69, 9.17) is 9.84 Å². The Morgan fingerprint density at radius 2 is 1.95 bits per heavy atom. The van der Waals surface area contributed by atoms with Gasteiger partial charge in [0.25, 0.3) is 0 Å². The summed E-state index contributed by atoms with van der Waals surface area (Å²) in [7, 11) is 0. The van der Waals surface area contributed by atoms with E-state index in [0.717, 1.165) is 34.6 Å². The summed E-state index contributed by atoms with van der Waals surface area (Å²) < 4.78 is 5.58. The highest BCUT2D eigenvalue weighted by Gasteiger charge is 1.98. The molecule has 0 fully saturated rings. The maximum Gasteiger partial charge on any atom is 0.328 e. The van der Waals surface area contributed by atoms with Crippen LogP contribution in [0.4, 0.5) is 0 Å². The fourth-order valence-corrected chi connectivity index (χ4v) is 1.82. The number of hydrogen-bond donors (Lipinski definition) is 1. The van der Waals surface area contributed by atoms with Gasteiger partial charge in [-0.25, -0.2) is 4.79 Å². The van der Waals surface area contributed by atoms with Gasteiger partial charge in [0, 0.05) is 6.08 Å². The molecule has 0 aliphatic rings. The van der Waals surface area contributed by atoms with Crippen LogP contribution in [0.2, 0.25) is 0 Å². The van der Waals surface area contributed by atoms with Gasteiger partial charge in [0.1, 0.15) is 5.75 Å². The molecule has 19 heavy (non-hydrogen) atoms. The molecule has 0 aliphatic heterocycles. The molecule has 0 radical (unpaired) electrons. The van der Waals surface area contributed by atoms with Gasteiger partial charge in [0.15, 0.2) is 0 Å². The maximum atomic E-state index is 10.5. The van der Waals surface area contributed by atoms with E-state index in [1.54, 1.807) is 6.08 Å². The summed E-state index contributed by atoms with van der Waals surface area (Å²) in [5.41, 5.74) is 0.872. The third-order valence-electron chi connectivity index (χ3n) is 2.73. The van der Waals surface area contributed by atoms with E-state index >= 15 is 0 Å². The Labute approximate surface area is 112 Å². The second kappa shape index (κ2) is 6.05. The summed E-state index contributed by atoms with van der Waals surface area (Å²) in [6, 6.07) is 11.7. The summed E-state index contributed by atoms with van der Waals surface area (Å²) in [6.45, 7) is 2.78. The Hall–Kier alpha value is -2.29. The molecule has 2 rings (SSSR count). The Balaban J connectivity index is 2.27. The van der Waals surface area contributed by atoms with Crippen molar-refractivity contribution in [3.8, 4) is 5.75 Å². The predicted molar refractivity (Wildman–Crippen MR) is 76.4 cm³/mol. The van der Waals surface area contributed by atoms with Gasteiger partial charge in [-0.1, -0.05) is 25.1 Å². The summed E-state index contributed by atoms with van der Waals surface area (Å²) >= 11 is 0. The molecular weight excluding hydrogens is 240 g/mol. The number of benzene rings is 2. The molecular formula is C16H16O3. The number of aliphatic carboxylic acids is 1. The van der Waals surface area contributed by atoms with Gasteiger partial charge < -0.3 is 9.84 Å². The Bertz CT molecular complexity index is 614. The minimum atomic E-state index is -0.941. The van der Waals surface area contributed by atoms with Gasteiger partial charge in [0.2, 0.25) is 0 Å². The topological polar surface area (TPSA) is 46.5 Å². The van der Waals surface area contributed by atoms with Crippen LogP contribution in [0.1, 0.15) is 18.9 Å². The van der Waals surface area contributed by atoms with Crippen molar-refractivity contribution in [2.75, 3.05) is 6.61 Å². The number of carboxylic acids is 1. The van der Waals surface area contributed by atoms with Crippen molar-refractivity contribution < 1.29 is 14.6 Å². The zero-order valence-corrected chi connectivity index (χ0v) is 10.8. The van der Waals surface area contributed by atoms with Crippen LogP contribution in [0.5, 0.6) is 5.75 Å². The third-order valence-corrected chi connectivity index (χ3v) is 2.73. The summed E-state index contributed by atoms with van der Waals surface area (Å²) in [5, 5.41) is 10.8. The van der Waals surface area contributed by atoms with Crippen molar-refractivity contribution in [3.05, 3.63) is 48.0 Å². The molecule has 0 aliphatic carbocycles. The van der Waals surface area contributed by atoms with Crippen LogP contribution in [-0.4, -0.2) is 17.7 Å². The van der Waals surface area contributed by atoms with E-state index in [1.807, 2.05) is 36.4 Å². The third kappa shape index (κ3) is 3.58. The minimum Gasteiger partial charge on any atom is -0.494 e. The molecule has 3 heteroatoms. The molecule has 0 atom stereocenters. The van der Waals surface area contributed by atoms with Crippen LogP contribution in [0.3, 0.4) is 0 Å². The van der Waals surface area contributed by atoms with E-state index < -0.39 is 5.97 Å². The highest BCUT2D eigenvalue weighted by molar-refractivity contribution is 5.89. The van der Waals surface area contributed by atoms with Crippen molar-refractivity contribution in [1.29, 1.82) is 0 Å². The molecule has 2 aromatic rings. The highest BCUT2D eigenvalue weighted by atomic mass is 16.5. The molecule has 98 valence electrons. The van der Waals surface area contributed by atoms with Gasteiger partial charge in [-0.2, -0.15) is 0 Å². The van der Waals surface area contributed by atoms with Crippen molar-refractivity contribution in [3.63, 3.8) is 0 Å². The van der Waals surface area contributed by atoms with Crippen LogP contribution in [0.25, 0.3) is 16.8 Å². The maximum absolute atomic E-state index is 10.5. The van der Waals surface area contributed by atoms with E-state index in [2.05, 4.69) is 6.92 Å². The second-order valence-electron chi connectivity index (χ2n) is 4.29. The highest BCUT2D eigenvalue weighted by Crippen LogP contribution is 2.22. The molecule has 3 nitrogen and oxygen atoms in total. The van der Waals surface area contributed by atoms with Gasteiger partial charge in [0.05, 0.1) is 6.61 Å². The lowest BCUT2D eigenvalue weighted by atomic mass is 10.1. The lowest BCUT2D eigenvalue weighted by Crippen LogP contribution is -1.94. The van der Waals surface area contributed by atoms with Crippen molar-refractivity contribution in [2.45, 2.75) is 13.3 Å². The Morgan fingerprint density at radius 1 is 1.21 bits per heavy atom. The van der Waals surface area contributed by atoms with Crippen molar-refractivity contribution in [1.82, 2.24) is 0 Å². The second-order valence-corrected chi connectivity index (χ2v) is 4.29. The van der Waals surface area contributed by atoms with Crippen LogP contribution in [0.15, 0.2) is 42.5 Å². The van der Waals surface area contributed by atoms with Crippen LogP contribution in [-0.2, 0) is 4.79 Å². The quantitative estimate of drug-likeness (QED) is 0.829. The average molecular weight is 256 g/mol. The molecule has 0 saturated carbocycles. The normalized spacial score (nSPS) is 11.0. The predicted octanol–water partition coefficient (Wildman–Crippen LogP) is 3.73. The molecule has 2 aromatic carbocycles. The van der Waals surface area contributed by atoms with Crippen LogP contribution < -0.4 is 4.74 Å². The molecule has 0 unspecified atom stereocenters. The monoisotopic (exact) mass is 256 g/mol. The minimum absolute atomic E-state index is 0.713. The van der Waals surface area contributed by atoms with Gasteiger partial charge >= 0.3 is 5.97 Å². The smallest absolute Gasteiger partial charge is 0.328 e. The van der Waals surface area contributed by atoms with E-state index in [-0.39, 0.29) is 0 Å². The van der Waals surface area contributed by atoms with Gasteiger partial charge in [-0.15, -0.1) is 0 Å². The molecule has 1 N–H and O–H groups in total. The molecule has 0 spiro atoms. The summed E-state index contributed by atoms with van der Waals surface area (Å²) in [4.78, 5) is 10.5. The standard InChI is InChI=1S/C16H16O3/c1-2-9-19-15-7-6-13-10-12(4-8-16(17)18)3-5-14(13)11-15/h3-8,10-11H,2,9H2,1H3,(H,17,18)/b8-4+. The van der Waals surface area contributed by atoms with Crippen LogP contribution >= 0.6 is 0 Å². The van der Waals surface area contributed by atoms with Crippen LogP contribution in [0, 0.1) is 0 Å². The first-order valence-corrected chi connectivity index (χ1v) is 6.26. The fraction of sp³-hybridized carbons (Fsp3) is 0.188.